The van der Waals surface area contributed by atoms with Gasteiger partial charge in [0.25, 0.3) is 0 Å². The average molecular weight is 276 g/mol. The highest BCUT2D eigenvalue weighted by Crippen LogP contribution is 2.33. The van der Waals surface area contributed by atoms with Gasteiger partial charge in [-0.3, -0.25) is 0 Å². The van der Waals surface area contributed by atoms with Gasteiger partial charge in [-0.2, -0.15) is 0 Å². The molecule has 0 spiro atoms. The molecule has 112 valence electrons. The first-order valence-corrected chi connectivity index (χ1v) is 8.27. The number of hydrogen-bond donors (Lipinski definition) is 1. The van der Waals surface area contributed by atoms with Gasteiger partial charge in [-0.15, -0.1) is 0 Å². The Kier molecular flexibility index (Phi) is 4.01. The van der Waals surface area contributed by atoms with Crippen LogP contribution >= 0.6 is 0 Å². The van der Waals surface area contributed by atoms with Gasteiger partial charge in [0.15, 0.2) is 0 Å². The molecule has 0 radical (unpaired) electrons. The number of nitrogens with zero attached hydrogens (tertiary/aromatic N) is 3. The molecule has 1 aromatic heterocycles. The van der Waals surface area contributed by atoms with E-state index in [1.54, 1.807) is 0 Å². The molecule has 0 amide bonds. The lowest BCUT2D eigenvalue weighted by molar-refractivity contribution is 0.353. The van der Waals surface area contributed by atoms with Gasteiger partial charge in [0.2, 0.25) is 5.95 Å². The van der Waals surface area contributed by atoms with Crippen LogP contribution in [0.2, 0.25) is 0 Å². The Morgan fingerprint density at radius 2 is 2.00 bits per heavy atom. The van der Waals surface area contributed by atoms with E-state index in [9.17, 15) is 0 Å². The molecule has 2 unspecified atom stereocenters. The minimum Gasteiger partial charge on any atom is -0.340 e. The monoisotopic (exact) mass is 276 g/mol. The smallest absolute Gasteiger partial charge is 0.206 e. The van der Waals surface area contributed by atoms with E-state index in [1.807, 2.05) is 0 Å². The molecule has 1 saturated carbocycles. The second-order valence-corrected chi connectivity index (χ2v) is 6.63. The number of rotatable bonds is 3. The molecule has 2 fully saturated rings. The van der Waals surface area contributed by atoms with E-state index in [-0.39, 0.29) is 6.04 Å². The van der Waals surface area contributed by atoms with Gasteiger partial charge in [0, 0.05) is 31.4 Å². The SMILES string of the molecule is CCc1cn(C2CCCCC2)c(N2CC(C)C(N)C2)n1. The molecule has 2 heterocycles. The molecule has 0 aromatic carbocycles. The van der Waals surface area contributed by atoms with Crippen molar-refractivity contribution in [2.75, 3.05) is 18.0 Å². The standard InChI is InChI=1S/C16H28N4/c1-3-13-10-20(14-7-5-4-6-8-14)16(18-13)19-9-12(2)15(17)11-19/h10,12,14-15H,3-9,11,17H2,1-2H3. The number of nitrogens with two attached hydrogens (primary N) is 1. The van der Waals surface area contributed by atoms with Crippen LogP contribution in [0.4, 0.5) is 5.95 Å². The summed E-state index contributed by atoms with van der Waals surface area (Å²) in [5.41, 5.74) is 7.42. The minimum absolute atomic E-state index is 0.289. The number of anilines is 1. The molecule has 0 bridgehead atoms. The highest BCUT2D eigenvalue weighted by atomic mass is 15.3. The minimum atomic E-state index is 0.289. The first kappa shape index (κ1) is 13.9. The lowest BCUT2D eigenvalue weighted by Crippen LogP contribution is -2.30. The van der Waals surface area contributed by atoms with Crippen LogP contribution in [0, 0.1) is 5.92 Å². The van der Waals surface area contributed by atoms with Crippen LogP contribution in [0.3, 0.4) is 0 Å². The van der Waals surface area contributed by atoms with Gasteiger partial charge < -0.3 is 15.2 Å². The van der Waals surface area contributed by atoms with Gasteiger partial charge in [0.1, 0.15) is 0 Å². The Labute approximate surface area is 122 Å². The Hall–Kier alpha value is -1.03. The molecule has 2 aliphatic rings. The van der Waals surface area contributed by atoms with Crippen LogP contribution in [0.5, 0.6) is 0 Å². The fraction of sp³-hybridized carbons (Fsp3) is 0.812. The van der Waals surface area contributed by atoms with Crippen molar-refractivity contribution in [2.24, 2.45) is 11.7 Å². The second kappa shape index (κ2) is 5.76. The quantitative estimate of drug-likeness (QED) is 0.923. The van der Waals surface area contributed by atoms with E-state index in [2.05, 4.69) is 29.5 Å². The van der Waals surface area contributed by atoms with Crippen LogP contribution < -0.4 is 10.6 Å². The topological polar surface area (TPSA) is 47.1 Å². The average Bonchev–Trinajstić information content (AvgIpc) is 3.04. The molecule has 1 aliphatic carbocycles. The largest absolute Gasteiger partial charge is 0.340 e. The molecule has 2 atom stereocenters. The molecule has 20 heavy (non-hydrogen) atoms. The highest BCUT2D eigenvalue weighted by molar-refractivity contribution is 5.37. The van der Waals surface area contributed by atoms with E-state index >= 15 is 0 Å². The predicted octanol–water partition coefficient (Wildman–Crippen LogP) is 2.73. The van der Waals surface area contributed by atoms with Gasteiger partial charge in [-0.1, -0.05) is 33.1 Å². The third-order valence-electron chi connectivity index (χ3n) is 5.05. The molecule has 3 rings (SSSR count). The third-order valence-corrected chi connectivity index (χ3v) is 5.05. The summed E-state index contributed by atoms with van der Waals surface area (Å²) in [7, 11) is 0. The van der Waals surface area contributed by atoms with E-state index in [0.717, 1.165) is 19.5 Å². The van der Waals surface area contributed by atoms with Crippen LogP contribution in [-0.2, 0) is 6.42 Å². The van der Waals surface area contributed by atoms with Gasteiger partial charge >= 0.3 is 0 Å². The second-order valence-electron chi connectivity index (χ2n) is 6.63. The van der Waals surface area contributed by atoms with E-state index in [4.69, 9.17) is 10.7 Å². The first-order chi connectivity index (χ1) is 9.69. The zero-order valence-electron chi connectivity index (χ0n) is 12.9. The summed E-state index contributed by atoms with van der Waals surface area (Å²) in [5.74, 6) is 1.74. The fourth-order valence-corrected chi connectivity index (χ4v) is 3.62. The molecule has 1 aromatic rings. The Morgan fingerprint density at radius 3 is 2.60 bits per heavy atom. The van der Waals surface area contributed by atoms with Crippen LogP contribution in [-0.4, -0.2) is 28.7 Å². The molecule has 1 saturated heterocycles. The molecular formula is C16H28N4. The van der Waals surface area contributed by atoms with Gasteiger partial charge in [-0.25, -0.2) is 4.98 Å². The van der Waals surface area contributed by atoms with Crippen LogP contribution in [0.25, 0.3) is 0 Å². The number of imidazole rings is 1. The highest BCUT2D eigenvalue weighted by Gasteiger charge is 2.31. The summed E-state index contributed by atoms with van der Waals surface area (Å²) < 4.78 is 2.46. The van der Waals surface area contributed by atoms with Crippen molar-refractivity contribution in [3.63, 3.8) is 0 Å². The van der Waals surface area contributed by atoms with Crippen LogP contribution in [0.15, 0.2) is 6.20 Å². The van der Waals surface area contributed by atoms with Crippen molar-refractivity contribution in [1.29, 1.82) is 0 Å². The van der Waals surface area contributed by atoms with E-state index in [0.29, 0.717) is 12.0 Å². The lowest BCUT2D eigenvalue weighted by atomic mass is 9.95. The number of aromatic nitrogens is 2. The van der Waals surface area contributed by atoms with E-state index in [1.165, 1.54) is 43.7 Å². The van der Waals surface area contributed by atoms with E-state index < -0.39 is 0 Å². The zero-order valence-corrected chi connectivity index (χ0v) is 12.9. The van der Waals surface area contributed by atoms with Gasteiger partial charge in [-0.05, 0) is 25.2 Å². The zero-order chi connectivity index (χ0) is 14.1. The van der Waals surface area contributed by atoms with Crippen molar-refractivity contribution in [1.82, 2.24) is 9.55 Å². The maximum absolute atomic E-state index is 6.20. The summed E-state index contributed by atoms with van der Waals surface area (Å²) in [4.78, 5) is 7.29. The van der Waals surface area contributed by atoms with Crippen LogP contribution in [0.1, 0.15) is 57.7 Å². The molecule has 4 nitrogen and oxygen atoms in total. The summed E-state index contributed by atoms with van der Waals surface area (Å²) in [5, 5.41) is 0. The summed E-state index contributed by atoms with van der Waals surface area (Å²) in [6.45, 7) is 6.44. The van der Waals surface area contributed by atoms with Crippen molar-refractivity contribution in [3.05, 3.63) is 11.9 Å². The molecule has 1 aliphatic heterocycles. The number of hydrogen-bond acceptors (Lipinski definition) is 3. The van der Waals surface area contributed by atoms with Crippen molar-refractivity contribution >= 4 is 5.95 Å². The Morgan fingerprint density at radius 1 is 1.25 bits per heavy atom. The molecule has 2 N–H and O–H groups in total. The van der Waals surface area contributed by atoms with Crippen molar-refractivity contribution in [3.8, 4) is 0 Å². The first-order valence-electron chi connectivity index (χ1n) is 8.27. The van der Waals surface area contributed by atoms with Crippen molar-refractivity contribution in [2.45, 2.75) is 64.5 Å². The van der Waals surface area contributed by atoms with Gasteiger partial charge in [0.05, 0.1) is 5.69 Å². The summed E-state index contributed by atoms with van der Waals surface area (Å²) >= 11 is 0. The fourth-order valence-electron chi connectivity index (χ4n) is 3.62. The third kappa shape index (κ3) is 2.58. The van der Waals surface area contributed by atoms with Crippen molar-refractivity contribution < 1.29 is 0 Å². The Bertz CT molecular complexity index is 437. The molecular weight excluding hydrogens is 248 g/mol. The molecule has 4 heteroatoms. The summed E-state index contributed by atoms with van der Waals surface area (Å²) in [6.07, 6.45) is 10.0. The predicted molar refractivity (Wildman–Crippen MR) is 83.1 cm³/mol. The summed E-state index contributed by atoms with van der Waals surface area (Å²) in [6, 6.07) is 0.940. The maximum atomic E-state index is 6.20. The normalized spacial score (nSPS) is 28.2. The lowest BCUT2D eigenvalue weighted by Gasteiger charge is -2.27. The maximum Gasteiger partial charge on any atom is 0.206 e. The number of aryl methyl sites for hydroxylation is 1. The Balaban J connectivity index is 1.87.